The quantitative estimate of drug-likeness (QED) is 0.882. The van der Waals surface area contributed by atoms with E-state index in [1.54, 1.807) is 36.4 Å². The van der Waals surface area contributed by atoms with Crippen molar-refractivity contribution in [1.82, 2.24) is 0 Å². The highest BCUT2D eigenvalue weighted by molar-refractivity contribution is 6.30. The summed E-state index contributed by atoms with van der Waals surface area (Å²) < 4.78 is 0. The zero-order valence-electron chi connectivity index (χ0n) is 13.3. The van der Waals surface area contributed by atoms with E-state index >= 15 is 0 Å². The molecular weight excluding hydrogens is 312 g/mol. The summed E-state index contributed by atoms with van der Waals surface area (Å²) in [6, 6.07) is 14.3. The molecule has 0 saturated heterocycles. The van der Waals surface area contributed by atoms with E-state index in [1.807, 2.05) is 26.0 Å². The van der Waals surface area contributed by atoms with E-state index in [9.17, 15) is 9.59 Å². The average Bonchev–Trinajstić information content (AvgIpc) is 2.48. The summed E-state index contributed by atoms with van der Waals surface area (Å²) in [5.74, 6) is -0.268. The fourth-order valence-corrected chi connectivity index (χ4v) is 2.33. The predicted octanol–water partition coefficient (Wildman–Crippen LogP) is 4.21. The molecule has 0 bridgehead atoms. The van der Waals surface area contributed by atoms with Gasteiger partial charge in [-0.3, -0.25) is 9.59 Å². The van der Waals surface area contributed by atoms with E-state index in [1.165, 1.54) is 6.92 Å². The Bertz CT molecular complexity index is 724. The molecule has 120 valence electrons. The topological polar surface area (TPSA) is 58.2 Å². The van der Waals surface area contributed by atoms with Gasteiger partial charge in [-0.25, -0.2) is 0 Å². The number of carbonyl (C=O) groups is 2. The predicted molar refractivity (Wildman–Crippen MR) is 93.9 cm³/mol. The SMILES string of the molecule is CC(=O)Nc1ccc(NC(=O)C(C)(C)c2cccc(Cl)c2)cc1. The van der Waals surface area contributed by atoms with Crippen LogP contribution in [0.2, 0.25) is 5.02 Å². The molecule has 0 aliphatic rings. The summed E-state index contributed by atoms with van der Waals surface area (Å²) in [5.41, 5.74) is 1.47. The molecule has 2 aromatic rings. The van der Waals surface area contributed by atoms with Gasteiger partial charge in [0.1, 0.15) is 0 Å². The minimum atomic E-state index is -0.721. The first-order chi connectivity index (χ1) is 10.8. The highest BCUT2D eigenvalue weighted by Crippen LogP contribution is 2.27. The smallest absolute Gasteiger partial charge is 0.234 e. The van der Waals surface area contributed by atoms with E-state index in [4.69, 9.17) is 11.6 Å². The van der Waals surface area contributed by atoms with Gasteiger partial charge in [-0.1, -0.05) is 23.7 Å². The summed E-state index contributed by atoms with van der Waals surface area (Å²) in [4.78, 5) is 23.6. The van der Waals surface area contributed by atoms with Crippen LogP contribution in [0, 0.1) is 0 Å². The Hall–Kier alpha value is -2.33. The Balaban J connectivity index is 2.13. The van der Waals surface area contributed by atoms with Crippen molar-refractivity contribution >= 4 is 34.8 Å². The standard InChI is InChI=1S/C18H19ClN2O2/c1-12(22)20-15-7-9-16(10-8-15)21-17(23)18(2,3)13-5-4-6-14(19)11-13/h4-11H,1-3H3,(H,20,22)(H,21,23). The van der Waals surface area contributed by atoms with Gasteiger partial charge in [-0.15, -0.1) is 0 Å². The maximum atomic E-state index is 12.6. The van der Waals surface area contributed by atoms with Gasteiger partial charge < -0.3 is 10.6 Å². The number of benzene rings is 2. The lowest BCUT2D eigenvalue weighted by atomic mass is 9.83. The molecule has 2 aromatic carbocycles. The number of hydrogen-bond donors (Lipinski definition) is 2. The second-order valence-electron chi connectivity index (χ2n) is 5.85. The van der Waals surface area contributed by atoms with E-state index in [2.05, 4.69) is 10.6 Å². The minimum Gasteiger partial charge on any atom is -0.326 e. The van der Waals surface area contributed by atoms with Crippen molar-refractivity contribution < 1.29 is 9.59 Å². The molecule has 23 heavy (non-hydrogen) atoms. The highest BCUT2D eigenvalue weighted by atomic mass is 35.5. The second-order valence-corrected chi connectivity index (χ2v) is 6.28. The van der Waals surface area contributed by atoms with E-state index < -0.39 is 5.41 Å². The molecule has 0 atom stereocenters. The molecule has 0 fully saturated rings. The van der Waals surface area contributed by atoms with Gasteiger partial charge in [0.05, 0.1) is 5.41 Å². The molecule has 0 aliphatic carbocycles. The van der Waals surface area contributed by atoms with Crippen molar-refractivity contribution in [2.75, 3.05) is 10.6 Å². The van der Waals surface area contributed by atoms with Crippen molar-refractivity contribution in [3.05, 3.63) is 59.1 Å². The van der Waals surface area contributed by atoms with Crippen molar-refractivity contribution in [2.45, 2.75) is 26.2 Å². The molecule has 4 nitrogen and oxygen atoms in total. The lowest BCUT2D eigenvalue weighted by Gasteiger charge is -2.24. The van der Waals surface area contributed by atoms with Crippen molar-refractivity contribution in [3.8, 4) is 0 Å². The molecule has 0 saturated carbocycles. The van der Waals surface area contributed by atoms with Gasteiger partial charge in [0, 0.05) is 23.3 Å². The third kappa shape index (κ3) is 4.33. The van der Waals surface area contributed by atoms with Crippen LogP contribution >= 0.6 is 11.6 Å². The summed E-state index contributed by atoms with van der Waals surface area (Å²) >= 11 is 6.01. The Kier molecular flexibility index (Phi) is 5.06. The lowest BCUT2D eigenvalue weighted by Crippen LogP contribution is -2.34. The molecular formula is C18H19ClN2O2. The van der Waals surface area contributed by atoms with Gasteiger partial charge >= 0.3 is 0 Å². The number of hydrogen-bond acceptors (Lipinski definition) is 2. The number of anilines is 2. The van der Waals surface area contributed by atoms with Crippen LogP contribution < -0.4 is 10.6 Å². The van der Waals surface area contributed by atoms with Gasteiger partial charge in [0.25, 0.3) is 0 Å². The molecule has 5 heteroatoms. The molecule has 0 heterocycles. The second kappa shape index (κ2) is 6.84. The first-order valence-electron chi connectivity index (χ1n) is 7.24. The largest absolute Gasteiger partial charge is 0.326 e. The molecule has 0 unspecified atom stereocenters. The molecule has 0 radical (unpaired) electrons. The molecule has 2 rings (SSSR count). The lowest BCUT2D eigenvalue weighted by molar-refractivity contribution is -0.120. The first-order valence-corrected chi connectivity index (χ1v) is 7.62. The Morgan fingerprint density at radius 2 is 1.52 bits per heavy atom. The minimum absolute atomic E-state index is 0.132. The molecule has 0 aliphatic heterocycles. The van der Waals surface area contributed by atoms with Crippen molar-refractivity contribution in [2.24, 2.45) is 0 Å². The fourth-order valence-electron chi connectivity index (χ4n) is 2.14. The van der Waals surface area contributed by atoms with Crippen molar-refractivity contribution in [3.63, 3.8) is 0 Å². The average molecular weight is 331 g/mol. The van der Waals surface area contributed by atoms with Crippen LogP contribution in [-0.2, 0) is 15.0 Å². The van der Waals surface area contributed by atoms with Gasteiger partial charge in [0.15, 0.2) is 0 Å². The zero-order chi connectivity index (χ0) is 17.0. The Morgan fingerprint density at radius 3 is 2.04 bits per heavy atom. The van der Waals surface area contributed by atoms with Crippen LogP contribution in [0.3, 0.4) is 0 Å². The summed E-state index contributed by atoms with van der Waals surface area (Å²) in [7, 11) is 0. The Morgan fingerprint density at radius 1 is 0.957 bits per heavy atom. The number of halogens is 1. The molecule has 0 aromatic heterocycles. The third-order valence-corrected chi connectivity index (χ3v) is 3.81. The number of carbonyl (C=O) groups excluding carboxylic acids is 2. The van der Waals surface area contributed by atoms with Crippen LogP contribution in [0.25, 0.3) is 0 Å². The van der Waals surface area contributed by atoms with E-state index in [0.717, 1.165) is 5.56 Å². The maximum absolute atomic E-state index is 12.6. The van der Waals surface area contributed by atoms with Crippen LogP contribution in [0.5, 0.6) is 0 Å². The normalized spacial score (nSPS) is 11.0. The fraction of sp³-hybridized carbons (Fsp3) is 0.222. The van der Waals surface area contributed by atoms with Gasteiger partial charge in [-0.2, -0.15) is 0 Å². The maximum Gasteiger partial charge on any atom is 0.234 e. The summed E-state index contributed by atoms with van der Waals surface area (Å²) in [6.45, 7) is 5.14. The van der Waals surface area contributed by atoms with Crippen LogP contribution in [0.15, 0.2) is 48.5 Å². The van der Waals surface area contributed by atoms with Crippen LogP contribution in [0.1, 0.15) is 26.3 Å². The number of amides is 2. The molecule has 0 spiro atoms. The van der Waals surface area contributed by atoms with Gasteiger partial charge in [-0.05, 0) is 55.8 Å². The van der Waals surface area contributed by atoms with E-state index in [0.29, 0.717) is 16.4 Å². The van der Waals surface area contributed by atoms with Crippen molar-refractivity contribution in [1.29, 1.82) is 0 Å². The van der Waals surface area contributed by atoms with Crippen LogP contribution in [-0.4, -0.2) is 11.8 Å². The highest BCUT2D eigenvalue weighted by Gasteiger charge is 2.30. The Labute approximate surface area is 140 Å². The number of nitrogens with one attached hydrogen (secondary N) is 2. The van der Waals surface area contributed by atoms with E-state index in [-0.39, 0.29) is 11.8 Å². The molecule has 2 N–H and O–H groups in total. The summed E-state index contributed by atoms with van der Waals surface area (Å²) in [6.07, 6.45) is 0. The van der Waals surface area contributed by atoms with Crippen LogP contribution in [0.4, 0.5) is 11.4 Å². The molecule has 2 amide bonds. The number of rotatable bonds is 4. The zero-order valence-corrected chi connectivity index (χ0v) is 14.1. The third-order valence-electron chi connectivity index (χ3n) is 3.58. The van der Waals surface area contributed by atoms with Gasteiger partial charge in [0.2, 0.25) is 11.8 Å². The first kappa shape index (κ1) is 17.0. The monoisotopic (exact) mass is 330 g/mol. The summed E-state index contributed by atoms with van der Waals surface area (Å²) in [5, 5.41) is 6.17.